The van der Waals surface area contributed by atoms with Crippen LogP contribution in [0.5, 0.6) is 0 Å². The number of halogens is 1. The molecule has 1 atom stereocenters. The third-order valence-corrected chi connectivity index (χ3v) is 3.03. The summed E-state index contributed by atoms with van der Waals surface area (Å²) in [6, 6.07) is 6.50. The zero-order valence-corrected chi connectivity index (χ0v) is 7.83. The SMILES string of the molecule is CC(SS)c1ccc(F)cc1. The van der Waals surface area contributed by atoms with Crippen LogP contribution in [-0.4, -0.2) is 0 Å². The van der Waals surface area contributed by atoms with E-state index in [1.165, 1.54) is 22.9 Å². The predicted molar refractivity (Wildman–Crippen MR) is 51.4 cm³/mol. The Morgan fingerprint density at radius 2 is 1.91 bits per heavy atom. The highest BCUT2D eigenvalue weighted by atomic mass is 33.1. The van der Waals surface area contributed by atoms with Crippen molar-refractivity contribution in [3.63, 3.8) is 0 Å². The van der Waals surface area contributed by atoms with Crippen LogP contribution in [0.3, 0.4) is 0 Å². The normalized spacial score (nSPS) is 13.0. The highest BCUT2D eigenvalue weighted by molar-refractivity contribution is 8.68. The molecule has 0 fully saturated rings. The lowest BCUT2D eigenvalue weighted by atomic mass is 10.2. The van der Waals surface area contributed by atoms with Crippen molar-refractivity contribution < 1.29 is 4.39 Å². The molecule has 1 aromatic rings. The largest absolute Gasteiger partial charge is 0.207 e. The monoisotopic (exact) mass is 188 g/mol. The van der Waals surface area contributed by atoms with Crippen molar-refractivity contribution in [1.29, 1.82) is 0 Å². The summed E-state index contributed by atoms with van der Waals surface area (Å²) in [5.41, 5.74) is 1.10. The van der Waals surface area contributed by atoms with Gasteiger partial charge in [-0.1, -0.05) is 22.9 Å². The molecule has 0 aliphatic rings. The van der Waals surface area contributed by atoms with E-state index in [1.54, 1.807) is 12.1 Å². The molecule has 0 aromatic heterocycles. The van der Waals surface area contributed by atoms with E-state index in [-0.39, 0.29) is 5.82 Å². The molecule has 0 spiro atoms. The van der Waals surface area contributed by atoms with E-state index in [0.717, 1.165) is 5.56 Å². The first-order chi connectivity index (χ1) is 5.24. The fourth-order valence-electron chi connectivity index (χ4n) is 0.795. The Morgan fingerprint density at radius 3 is 2.36 bits per heavy atom. The first kappa shape index (κ1) is 8.94. The van der Waals surface area contributed by atoms with Crippen LogP contribution in [0.15, 0.2) is 24.3 Å². The fourth-order valence-corrected chi connectivity index (χ4v) is 1.44. The van der Waals surface area contributed by atoms with Crippen LogP contribution in [0.4, 0.5) is 4.39 Å². The van der Waals surface area contributed by atoms with E-state index in [0.29, 0.717) is 5.25 Å². The van der Waals surface area contributed by atoms with Gasteiger partial charge in [-0.25, -0.2) is 4.39 Å². The molecule has 0 bridgehead atoms. The van der Waals surface area contributed by atoms with E-state index in [4.69, 9.17) is 0 Å². The van der Waals surface area contributed by atoms with Gasteiger partial charge in [0, 0.05) is 5.25 Å². The molecule has 0 saturated carbocycles. The molecule has 1 aromatic carbocycles. The van der Waals surface area contributed by atoms with Crippen molar-refractivity contribution in [3.05, 3.63) is 35.6 Å². The Kier molecular flexibility index (Phi) is 3.27. The summed E-state index contributed by atoms with van der Waals surface area (Å²) in [6.45, 7) is 2.03. The molecule has 0 amide bonds. The summed E-state index contributed by atoms with van der Waals surface area (Å²) < 4.78 is 12.4. The van der Waals surface area contributed by atoms with Crippen molar-refractivity contribution >= 4 is 22.5 Å². The van der Waals surface area contributed by atoms with Gasteiger partial charge in [0.2, 0.25) is 0 Å². The van der Waals surface area contributed by atoms with Gasteiger partial charge in [0.25, 0.3) is 0 Å². The Hall–Kier alpha value is -0.150. The summed E-state index contributed by atoms with van der Waals surface area (Å²) in [4.78, 5) is 0. The molecule has 0 radical (unpaired) electrons. The highest BCUT2D eigenvalue weighted by Crippen LogP contribution is 2.30. The number of rotatable bonds is 2. The smallest absolute Gasteiger partial charge is 0.123 e. The van der Waals surface area contributed by atoms with Gasteiger partial charge in [-0.3, -0.25) is 0 Å². The van der Waals surface area contributed by atoms with Crippen molar-refractivity contribution in [3.8, 4) is 0 Å². The molecular weight excluding hydrogens is 179 g/mol. The average molecular weight is 188 g/mol. The molecule has 0 saturated heterocycles. The number of benzene rings is 1. The zero-order chi connectivity index (χ0) is 8.27. The Bertz CT molecular complexity index is 220. The van der Waals surface area contributed by atoms with Crippen molar-refractivity contribution in [2.75, 3.05) is 0 Å². The third kappa shape index (κ3) is 2.42. The standard InChI is InChI=1S/C8H9FS2/c1-6(11-10)7-2-4-8(9)5-3-7/h2-6,10H,1H3. The van der Waals surface area contributed by atoms with Gasteiger partial charge < -0.3 is 0 Å². The first-order valence-corrected chi connectivity index (χ1v) is 5.23. The molecule has 0 aliphatic heterocycles. The van der Waals surface area contributed by atoms with Gasteiger partial charge in [-0.05, 0) is 24.6 Å². The van der Waals surface area contributed by atoms with Crippen LogP contribution in [0.2, 0.25) is 0 Å². The maximum absolute atomic E-state index is 12.4. The van der Waals surface area contributed by atoms with Crippen LogP contribution >= 0.6 is 22.5 Å². The quantitative estimate of drug-likeness (QED) is 0.548. The van der Waals surface area contributed by atoms with Crippen LogP contribution < -0.4 is 0 Å². The number of hydrogen-bond acceptors (Lipinski definition) is 2. The molecule has 1 rings (SSSR count). The maximum atomic E-state index is 12.4. The van der Waals surface area contributed by atoms with Crippen molar-refractivity contribution in [1.82, 2.24) is 0 Å². The lowest BCUT2D eigenvalue weighted by molar-refractivity contribution is 0.627. The van der Waals surface area contributed by atoms with Crippen molar-refractivity contribution in [2.24, 2.45) is 0 Å². The van der Waals surface area contributed by atoms with Crippen molar-refractivity contribution in [2.45, 2.75) is 12.2 Å². The second kappa shape index (κ2) is 4.02. The van der Waals surface area contributed by atoms with Gasteiger partial charge in [-0.2, -0.15) is 0 Å². The average Bonchev–Trinajstić information content (AvgIpc) is 2.05. The Labute approximate surface area is 75.0 Å². The van der Waals surface area contributed by atoms with Gasteiger partial charge in [-0.15, -0.1) is 11.7 Å². The minimum Gasteiger partial charge on any atom is -0.207 e. The lowest BCUT2D eigenvalue weighted by Gasteiger charge is -2.05. The van der Waals surface area contributed by atoms with Crippen LogP contribution in [0.1, 0.15) is 17.7 Å². The molecule has 0 nitrogen and oxygen atoms in total. The molecular formula is C8H9FS2. The number of thiol groups is 1. The molecule has 0 aliphatic carbocycles. The molecule has 3 heteroatoms. The van der Waals surface area contributed by atoms with Gasteiger partial charge in [0.1, 0.15) is 5.82 Å². The van der Waals surface area contributed by atoms with Crippen LogP contribution in [-0.2, 0) is 0 Å². The summed E-state index contributed by atoms with van der Waals surface area (Å²) in [5.74, 6) is -0.190. The van der Waals surface area contributed by atoms with Gasteiger partial charge >= 0.3 is 0 Å². The van der Waals surface area contributed by atoms with Crippen LogP contribution in [0.25, 0.3) is 0 Å². The van der Waals surface area contributed by atoms with Gasteiger partial charge in [0.15, 0.2) is 0 Å². The number of hydrogen-bond donors (Lipinski definition) is 1. The van der Waals surface area contributed by atoms with Gasteiger partial charge in [0.05, 0.1) is 0 Å². The van der Waals surface area contributed by atoms with E-state index < -0.39 is 0 Å². The molecule has 60 valence electrons. The zero-order valence-electron chi connectivity index (χ0n) is 6.12. The molecule has 1 unspecified atom stereocenters. The van der Waals surface area contributed by atoms with E-state index >= 15 is 0 Å². The van der Waals surface area contributed by atoms with E-state index in [9.17, 15) is 4.39 Å². The fraction of sp³-hybridized carbons (Fsp3) is 0.250. The maximum Gasteiger partial charge on any atom is 0.123 e. The van der Waals surface area contributed by atoms with E-state index in [1.807, 2.05) is 6.92 Å². The predicted octanol–water partition coefficient (Wildman–Crippen LogP) is 3.46. The summed E-state index contributed by atoms with van der Waals surface area (Å²) in [6.07, 6.45) is 0. The summed E-state index contributed by atoms with van der Waals surface area (Å²) in [5, 5.41) is 0.318. The van der Waals surface area contributed by atoms with E-state index in [2.05, 4.69) is 11.7 Å². The second-order valence-corrected chi connectivity index (χ2v) is 3.85. The Morgan fingerprint density at radius 1 is 1.36 bits per heavy atom. The minimum absolute atomic E-state index is 0.190. The summed E-state index contributed by atoms with van der Waals surface area (Å²) in [7, 11) is 1.46. The second-order valence-electron chi connectivity index (χ2n) is 2.30. The summed E-state index contributed by atoms with van der Waals surface area (Å²) >= 11 is 4.08. The third-order valence-electron chi connectivity index (χ3n) is 1.50. The Balaban J connectivity index is 2.81. The minimum atomic E-state index is -0.190. The molecule has 11 heavy (non-hydrogen) atoms. The highest BCUT2D eigenvalue weighted by Gasteiger charge is 2.02. The van der Waals surface area contributed by atoms with Crippen LogP contribution in [0, 0.1) is 5.82 Å². The molecule has 0 N–H and O–H groups in total. The molecule has 0 heterocycles. The lowest BCUT2D eigenvalue weighted by Crippen LogP contribution is -1.85. The topological polar surface area (TPSA) is 0 Å². The first-order valence-electron chi connectivity index (χ1n) is 3.29.